The van der Waals surface area contributed by atoms with Crippen LogP contribution in [0.15, 0.2) is 53.4 Å². The maximum atomic E-state index is 12.6. The number of hydrogen-bond donors (Lipinski definition) is 3. The lowest BCUT2D eigenvalue weighted by Crippen LogP contribution is -2.50. The molecule has 7 heteroatoms. The highest BCUT2D eigenvalue weighted by Gasteiger charge is 2.29. The molecular formula is C21H28N2O4S. The number of aliphatic hydroxyl groups excluding tert-OH is 1. The van der Waals surface area contributed by atoms with Crippen LogP contribution in [0.4, 0.5) is 5.69 Å². The zero-order valence-corrected chi connectivity index (χ0v) is 17.3. The van der Waals surface area contributed by atoms with E-state index in [-0.39, 0.29) is 4.90 Å². The quantitative estimate of drug-likeness (QED) is 0.599. The molecule has 0 spiro atoms. The number of aliphatic hydroxyl groups is 1. The van der Waals surface area contributed by atoms with Gasteiger partial charge in [0.2, 0.25) is 15.9 Å². The molecule has 0 aliphatic heterocycles. The van der Waals surface area contributed by atoms with Gasteiger partial charge in [0.15, 0.2) is 0 Å². The summed E-state index contributed by atoms with van der Waals surface area (Å²) in [5.74, 6) is -0.619. The van der Waals surface area contributed by atoms with Crippen molar-refractivity contribution in [2.75, 3.05) is 5.32 Å². The topological polar surface area (TPSA) is 95.5 Å². The van der Waals surface area contributed by atoms with E-state index in [1.54, 1.807) is 24.3 Å². The molecule has 0 aliphatic carbocycles. The third-order valence-electron chi connectivity index (χ3n) is 4.42. The van der Waals surface area contributed by atoms with Gasteiger partial charge in [-0.2, -0.15) is 4.72 Å². The van der Waals surface area contributed by atoms with Crippen LogP contribution in [0.25, 0.3) is 0 Å². The Labute approximate surface area is 167 Å². The Balaban J connectivity index is 2.10. The van der Waals surface area contributed by atoms with Gasteiger partial charge in [-0.15, -0.1) is 0 Å². The minimum Gasteiger partial charge on any atom is -0.391 e. The summed E-state index contributed by atoms with van der Waals surface area (Å²) in [6, 6.07) is 12.4. The lowest BCUT2D eigenvalue weighted by Gasteiger charge is -2.21. The molecule has 3 N–H and O–H groups in total. The molecule has 28 heavy (non-hydrogen) atoms. The summed E-state index contributed by atoms with van der Waals surface area (Å²) >= 11 is 0. The second-order valence-corrected chi connectivity index (χ2v) is 8.66. The Morgan fingerprint density at radius 3 is 2.21 bits per heavy atom. The predicted octanol–water partition coefficient (Wildman–Crippen LogP) is 3.00. The van der Waals surface area contributed by atoms with E-state index in [1.807, 2.05) is 19.1 Å². The van der Waals surface area contributed by atoms with Gasteiger partial charge in [-0.25, -0.2) is 8.42 Å². The lowest BCUT2D eigenvalue weighted by molar-refractivity contribution is -0.119. The molecule has 6 nitrogen and oxygen atoms in total. The first-order valence-corrected chi connectivity index (χ1v) is 10.9. The number of unbranched alkanes of at least 4 members (excludes halogenated alkanes) is 1. The van der Waals surface area contributed by atoms with E-state index < -0.39 is 28.1 Å². The van der Waals surface area contributed by atoms with Gasteiger partial charge in [0.05, 0.1) is 11.0 Å². The van der Waals surface area contributed by atoms with Crippen LogP contribution in [0.3, 0.4) is 0 Å². The van der Waals surface area contributed by atoms with Crippen LogP contribution in [0.5, 0.6) is 0 Å². The van der Waals surface area contributed by atoms with Crippen LogP contribution in [-0.2, 0) is 21.2 Å². The molecule has 0 fully saturated rings. The number of amides is 1. The maximum Gasteiger partial charge on any atom is 0.245 e. The van der Waals surface area contributed by atoms with Crippen LogP contribution in [0, 0.1) is 6.92 Å². The van der Waals surface area contributed by atoms with E-state index in [0.717, 1.165) is 24.8 Å². The van der Waals surface area contributed by atoms with Gasteiger partial charge in [-0.05, 0) is 56.5 Å². The summed E-state index contributed by atoms with van der Waals surface area (Å²) in [7, 11) is -3.95. The maximum absolute atomic E-state index is 12.6. The van der Waals surface area contributed by atoms with E-state index in [2.05, 4.69) is 17.0 Å². The average Bonchev–Trinajstić information content (AvgIpc) is 2.65. The number of aryl methyl sites for hydroxylation is 2. The number of benzene rings is 2. The fraction of sp³-hybridized carbons (Fsp3) is 0.381. The third kappa shape index (κ3) is 6.15. The highest BCUT2D eigenvalue weighted by Crippen LogP contribution is 2.15. The van der Waals surface area contributed by atoms with E-state index in [4.69, 9.17) is 0 Å². The van der Waals surface area contributed by atoms with Crippen LogP contribution >= 0.6 is 0 Å². The van der Waals surface area contributed by atoms with Gasteiger partial charge >= 0.3 is 0 Å². The zero-order chi connectivity index (χ0) is 20.7. The van der Waals surface area contributed by atoms with Crippen molar-refractivity contribution in [3.05, 3.63) is 59.7 Å². The lowest BCUT2D eigenvalue weighted by atomic mass is 10.1. The molecule has 0 aliphatic rings. The van der Waals surface area contributed by atoms with E-state index in [1.165, 1.54) is 24.6 Å². The molecule has 2 aromatic carbocycles. The van der Waals surface area contributed by atoms with Crippen LogP contribution in [-0.4, -0.2) is 31.6 Å². The zero-order valence-electron chi connectivity index (χ0n) is 16.5. The number of sulfonamides is 1. The molecule has 0 bridgehead atoms. The Hall–Kier alpha value is -2.22. The standard InChI is InChI=1S/C21H28N2O4S/c1-4-5-6-17-9-11-18(12-10-17)22-21(25)20(16(3)24)23-28(26,27)19-13-7-15(2)8-14-19/h7-14,16,20,23-24H,4-6H2,1-3H3,(H,22,25). The summed E-state index contributed by atoms with van der Waals surface area (Å²) in [6.07, 6.45) is 1.97. The van der Waals surface area contributed by atoms with E-state index >= 15 is 0 Å². The first-order chi connectivity index (χ1) is 13.2. The van der Waals surface area contributed by atoms with Crippen LogP contribution in [0.1, 0.15) is 37.8 Å². The Bertz CT molecular complexity index is 876. The Kier molecular flexibility index (Phi) is 7.74. The van der Waals surface area contributed by atoms with Crippen molar-refractivity contribution in [3.8, 4) is 0 Å². The second-order valence-electron chi connectivity index (χ2n) is 6.94. The summed E-state index contributed by atoms with van der Waals surface area (Å²) in [6.45, 7) is 5.35. The molecule has 1 amide bonds. The first-order valence-electron chi connectivity index (χ1n) is 9.40. The normalized spacial score (nSPS) is 13.7. The van der Waals surface area contributed by atoms with Crippen molar-refractivity contribution >= 4 is 21.6 Å². The third-order valence-corrected chi connectivity index (χ3v) is 5.88. The number of nitrogens with one attached hydrogen (secondary N) is 2. The second kappa shape index (κ2) is 9.82. The highest BCUT2D eigenvalue weighted by atomic mass is 32.2. The van der Waals surface area contributed by atoms with Crippen molar-refractivity contribution < 1.29 is 18.3 Å². The molecular weight excluding hydrogens is 376 g/mol. The van der Waals surface area contributed by atoms with Crippen molar-refractivity contribution in [1.82, 2.24) is 4.72 Å². The van der Waals surface area contributed by atoms with Crippen molar-refractivity contribution in [3.63, 3.8) is 0 Å². The minimum atomic E-state index is -3.95. The molecule has 2 rings (SSSR count). The van der Waals surface area contributed by atoms with Crippen molar-refractivity contribution in [2.45, 2.75) is 57.1 Å². The van der Waals surface area contributed by atoms with Gasteiger partial charge in [0, 0.05) is 5.69 Å². The summed E-state index contributed by atoms with van der Waals surface area (Å²) in [4.78, 5) is 12.6. The fourth-order valence-corrected chi connectivity index (χ4v) is 3.95. The summed E-state index contributed by atoms with van der Waals surface area (Å²) in [5.41, 5.74) is 2.64. The monoisotopic (exact) mass is 404 g/mol. The number of hydrogen-bond acceptors (Lipinski definition) is 4. The van der Waals surface area contributed by atoms with E-state index in [0.29, 0.717) is 5.69 Å². The molecule has 0 radical (unpaired) electrons. The van der Waals surface area contributed by atoms with Gasteiger partial charge in [0.1, 0.15) is 6.04 Å². The molecule has 152 valence electrons. The van der Waals surface area contributed by atoms with Gasteiger partial charge in [-0.3, -0.25) is 4.79 Å². The highest BCUT2D eigenvalue weighted by molar-refractivity contribution is 7.89. The number of carbonyl (C=O) groups excluding carboxylic acids is 1. The number of rotatable bonds is 9. The van der Waals surface area contributed by atoms with Crippen LogP contribution in [0.2, 0.25) is 0 Å². The van der Waals surface area contributed by atoms with Crippen molar-refractivity contribution in [2.24, 2.45) is 0 Å². The molecule has 2 aromatic rings. The Morgan fingerprint density at radius 1 is 1.07 bits per heavy atom. The minimum absolute atomic E-state index is 0.0387. The SMILES string of the molecule is CCCCc1ccc(NC(=O)C(NS(=O)(=O)c2ccc(C)cc2)C(C)O)cc1. The average molecular weight is 405 g/mol. The fourth-order valence-electron chi connectivity index (χ4n) is 2.68. The molecule has 0 saturated carbocycles. The summed E-state index contributed by atoms with van der Waals surface area (Å²) in [5, 5.41) is 12.6. The van der Waals surface area contributed by atoms with Gasteiger partial charge in [-0.1, -0.05) is 43.2 Å². The molecule has 2 atom stereocenters. The van der Waals surface area contributed by atoms with Crippen LogP contribution < -0.4 is 10.0 Å². The first kappa shape index (κ1) is 22.1. The molecule has 2 unspecified atom stereocenters. The van der Waals surface area contributed by atoms with Gasteiger partial charge in [0.25, 0.3) is 0 Å². The largest absolute Gasteiger partial charge is 0.391 e. The predicted molar refractivity (Wildman–Crippen MR) is 111 cm³/mol. The van der Waals surface area contributed by atoms with E-state index in [9.17, 15) is 18.3 Å². The number of carbonyl (C=O) groups is 1. The summed E-state index contributed by atoms with van der Waals surface area (Å²) < 4.78 is 27.4. The van der Waals surface area contributed by atoms with Crippen molar-refractivity contribution in [1.29, 1.82) is 0 Å². The smallest absolute Gasteiger partial charge is 0.245 e. The Morgan fingerprint density at radius 2 is 1.68 bits per heavy atom. The van der Waals surface area contributed by atoms with Gasteiger partial charge < -0.3 is 10.4 Å². The molecule has 0 aromatic heterocycles. The number of anilines is 1. The molecule has 0 heterocycles. The molecule has 0 saturated heterocycles.